The van der Waals surface area contributed by atoms with Crippen molar-refractivity contribution in [1.82, 2.24) is 14.3 Å². The smallest absolute Gasteiger partial charge is 0.306 e. The van der Waals surface area contributed by atoms with Crippen LogP contribution in [0.15, 0.2) is 45.4 Å². The number of thiophene rings is 1. The van der Waals surface area contributed by atoms with Gasteiger partial charge in [-0.05, 0) is 42.5 Å². The predicted octanol–water partition coefficient (Wildman–Crippen LogP) is 2.44. The second-order valence-corrected chi connectivity index (χ2v) is 8.45. The zero-order valence-electron chi connectivity index (χ0n) is 12.2. The van der Waals surface area contributed by atoms with Crippen molar-refractivity contribution in [3.63, 3.8) is 0 Å². The third kappa shape index (κ3) is 2.43. The van der Waals surface area contributed by atoms with Crippen molar-refractivity contribution in [2.45, 2.75) is 23.8 Å². The first-order valence-electron chi connectivity index (χ1n) is 7.33. The molecule has 4 rings (SSSR count). The number of hydrogen-bond donors (Lipinski definition) is 2. The van der Waals surface area contributed by atoms with Crippen molar-refractivity contribution in [3.8, 4) is 0 Å². The van der Waals surface area contributed by atoms with E-state index in [-0.39, 0.29) is 16.6 Å². The van der Waals surface area contributed by atoms with E-state index in [1.54, 1.807) is 27.8 Å². The standard InChI is InChI=1S/C15H15N3O3S2/c19-15-16-11-6-5-10(9-12(11)17-15)23(20,21)18-7-1-3-13(18)14-4-2-8-22-14/h2,4-6,8-9,13H,1,3,7H2,(H2,16,17,19)/t13-/m0/s1. The minimum Gasteiger partial charge on any atom is -0.306 e. The van der Waals surface area contributed by atoms with Gasteiger partial charge in [0.25, 0.3) is 0 Å². The number of aromatic amines is 2. The Hall–Kier alpha value is -1.90. The summed E-state index contributed by atoms with van der Waals surface area (Å²) in [5.41, 5.74) is 0.764. The zero-order chi connectivity index (χ0) is 16.0. The predicted molar refractivity (Wildman–Crippen MR) is 89.1 cm³/mol. The largest absolute Gasteiger partial charge is 0.323 e. The highest BCUT2D eigenvalue weighted by molar-refractivity contribution is 7.89. The summed E-state index contributed by atoms with van der Waals surface area (Å²) in [6.07, 6.45) is 1.69. The molecule has 0 unspecified atom stereocenters. The molecular formula is C15H15N3O3S2. The van der Waals surface area contributed by atoms with Crippen LogP contribution in [-0.4, -0.2) is 29.2 Å². The molecule has 0 radical (unpaired) electrons. The summed E-state index contributed by atoms with van der Waals surface area (Å²) < 4.78 is 27.6. The molecule has 0 aliphatic carbocycles. The number of hydrogen-bond acceptors (Lipinski definition) is 4. The van der Waals surface area contributed by atoms with Gasteiger partial charge in [0.15, 0.2) is 0 Å². The Labute approximate surface area is 136 Å². The van der Waals surface area contributed by atoms with Crippen molar-refractivity contribution in [1.29, 1.82) is 0 Å². The molecule has 1 fully saturated rings. The van der Waals surface area contributed by atoms with Gasteiger partial charge in [-0.15, -0.1) is 11.3 Å². The highest BCUT2D eigenvalue weighted by Crippen LogP contribution is 2.38. The molecule has 0 spiro atoms. The molecule has 0 amide bonds. The van der Waals surface area contributed by atoms with Crippen LogP contribution in [-0.2, 0) is 10.0 Å². The van der Waals surface area contributed by atoms with Crippen LogP contribution in [0.25, 0.3) is 11.0 Å². The van der Waals surface area contributed by atoms with Gasteiger partial charge in [0.2, 0.25) is 10.0 Å². The third-order valence-electron chi connectivity index (χ3n) is 4.17. The van der Waals surface area contributed by atoms with E-state index in [4.69, 9.17) is 0 Å². The number of benzene rings is 1. The van der Waals surface area contributed by atoms with E-state index in [0.717, 1.165) is 17.7 Å². The van der Waals surface area contributed by atoms with Crippen LogP contribution in [0, 0.1) is 0 Å². The second kappa shape index (κ2) is 5.33. The number of imidazole rings is 1. The Bertz CT molecular complexity index is 1000. The van der Waals surface area contributed by atoms with Crippen LogP contribution in [0.4, 0.5) is 0 Å². The summed E-state index contributed by atoms with van der Waals surface area (Å²) in [5, 5.41) is 1.97. The molecule has 120 valence electrons. The molecule has 0 bridgehead atoms. The molecule has 2 N–H and O–H groups in total. The van der Waals surface area contributed by atoms with Crippen LogP contribution in [0.1, 0.15) is 23.8 Å². The van der Waals surface area contributed by atoms with E-state index < -0.39 is 10.0 Å². The molecule has 6 nitrogen and oxygen atoms in total. The number of sulfonamides is 1. The molecule has 1 aromatic carbocycles. The molecular weight excluding hydrogens is 334 g/mol. The zero-order valence-corrected chi connectivity index (χ0v) is 13.8. The minimum atomic E-state index is -3.59. The number of rotatable bonds is 3. The number of H-pyrrole nitrogens is 2. The molecule has 1 atom stereocenters. The van der Waals surface area contributed by atoms with Gasteiger partial charge < -0.3 is 9.97 Å². The van der Waals surface area contributed by atoms with E-state index in [0.29, 0.717) is 17.6 Å². The first-order chi connectivity index (χ1) is 11.1. The van der Waals surface area contributed by atoms with E-state index in [1.165, 1.54) is 6.07 Å². The Kier molecular flexibility index (Phi) is 3.40. The maximum Gasteiger partial charge on any atom is 0.323 e. The van der Waals surface area contributed by atoms with Crippen molar-refractivity contribution < 1.29 is 8.42 Å². The number of nitrogens with one attached hydrogen (secondary N) is 2. The fraction of sp³-hybridized carbons (Fsp3) is 0.267. The molecule has 3 aromatic rings. The first kappa shape index (κ1) is 14.7. The van der Waals surface area contributed by atoms with Crippen molar-refractivity contribution >= 4 is 32.4 Å². The van der Waals surface area contributed by atoms with Crippen LogP contribution >= 0.6 is 11.3 Å². The lowest BCUT2D eigenvalue weighted by Crippen LogP contribution is -2.30. The number of aromatic nitrogens is 2. The summed E-state index contributed by atoms with van der Waals surface area (Å²) in [7, 11) is -3.59. The van der Waals surface area contributed by atoms with Gasteiger partial charge in [-0.3, -0.25) is 0 Å². The van der Waals surface area contributed by atoms with Gasteiger partial charge in [0, 0.05) is 11.4 Å². The Morgan fingerprint density at radius 1 is 1.17 bits per heavy atom. The van der Waals surface area contributed by atoms with Crippen LogP contribution in [0.2, 0.25) is 0 Å². The SMILES string of the molecule is O=c1[nH]c2ccc(S(=O)(=O)N3CCC[C@H]3c3cccs3)cc2[nH]1. The number of nitrogens with zero attached hydrogens (tertiary/aromatic N) is 1. The molecule has 2 aromatic heterocycles. The van der Waals surface area contributed by atoms with Gasteiger partial charge >= 0.3 is 5.69 Å². The molecule has 1 aliphatic heterocycles. The Balaban J connectivity index is 1.77. The summed E-state index contributed by atoms with van der Waals surface area (Å²) in [5.74, 6) is 0. The highest BCUT2D eigenvalue weighted by atomic mass is 32.2. The van der Waals surface area contributed by atoms with E-state index in [9.17, 15) is 13.2 Å². The van der Waals surface area contributed by atoms with E-state index in [1.807, 2.05) is 17.5 Å². The number of fused-ring (bicyclic) bond motifs is 1. The Morgan fingerprint density at radius 3 is 2.78 bits per heavy atom. The first-order valence-corrected chi connectivity index (χ1v) is 9.65. The molecule has 23 heavy (non-hydrogen) atoms. The van der Waals surface area contributed by atoms with Crippen molar-refractivity contribution in [3.05, 3.63) is 51.1 Å². The fourth-order valence-electron chi connectivity index (χ4n) is 3.10. The normalized spacial score (nSPS) is 19.6. The topological polar surface area (TPSA) is 86.0 Å². The van der Waals surface area contributed by atoms with Crippen molar-refractivity contribution in [2.24, 2.45) is 0 Å². The lowest BCUT2D eigenvalue weighted by atomic mass is 10.2. The average Bonchev–Trinajstić information content (AvgIpc) is 3.25. The van der Waals surface area contributed by atoms with Gasteiger partial charge in [0.1, 0.15) is 0 Å². The Morgan fingerprint density at radius 2 is 2.00 bits per heavy atom. The molecule has 8 heteroatoms. The average molecular weight is 349 g/mol. The molecule has 1 saturated heterocycles. The monoisotopic (exact) mass is 349 g/mol. The van der Waals surface area contributed by atoms with Gasteiger partial charge in [-0.25, -0.2) is 13.2 Å². The third-order valence-corrected chi connectivity index (χ3v) is 7.05. The van der Waals surface area contributed by atoms with Gasteiger partial charge in [-0.2, -0.15) is 4.31 Å². The summed E-state index contributed by atoms with van der Waals surface area (Å²) in [6, 6.07) is 8.52. The van der Waals surface area contributed by atoms with Crippen molar-refractivity contribution in [2.75, 3.05) is 6.54 Å². The van der Waals surface area contributed by atoms with E-state index >= 15 is 0 Å². The molecule has 0 saturated carbocycles. The molecule has 1 aliphatic rings. The minimum absolute atomic E-state index is 0.0963. The highest BCUT2D eigenvalue weighted by Gasteiger charge is 2.36. The summed E-state index contributed by atoms with van der Waals surface area (Å²) in [4.78, 5) is 17.9. The maximum absolute atomic E-state index is 13.0. The van der Waals surface area contributed by atoms with Gasteiger partial charge in [0.05, 0.1) is 22.0 Å². The summed E-state index contributed by atoms with van der Waals surface area (Å²) in [6.45, 7) is 0.520. The maximum atomic E-state index is 13.0. The second-order valence-electron chi connectivity index (χ2n) is 5.58. The lowest BCUT2D eigenvalue weighted by Gasteiger charge is -2.23. The fourth-order valence-corrected chi connectivity index (χ4v) is 5.74. The quantitative estimate of drug-likeness (QED) is 0.761. The van der Waals surface area contributed by atoms with Crippen LogP contribution < -0.4 is 5.69 Å². The molecule has 3 heterocycles. The van der Waals surface area contributed by atoms with E-state index in [2.05, 4.69) is 9.97 Å². The van der Waals surface area contributed by atoms with Crippen LogP contribution in [0.5, 0.6) is 0 Å². The van der Waals surface area contributed by atoms with Gasteiger partial charge in [-0.1, -0.05) is 6.07 Å². The lowest BCUT2D eigenvalue weighted by molar-refractivity contribution is 0.401. The van der Waals surface area contributed by atoms with Crippen LogP contribution in [0.3, 0.4) is 0 Å². The summed E-state index contributed by atoms with van der Waals surface area (Å²) >= 11 is 1.58.